The number of nitrogens with zero attached hydrogens (tertiary/aromatic N) is 1. The molecular formula is C16H16ClFN2S. The summed E-state index contributed by atoms with van der Waals surface area (Å²) in [6, 6.07) is 5.48. The summed E-state index contributed by atoms with van der Waals surface area (Å²) in [4.78, 5) is 6.00. The van der Waals surface area contributed by atoms with Crippen LogP contribution in [0.15, 0.2) is 18.2 Å². The van der Waals surface area contributed by atoms with Crippen LogP contribution in [0, 0.1) is 5.82 Å². The van der Waals surface area contributed by atoms with Crippen LogP contribution in [0.3, 0.4) is 0 Å². The minimum atomic E-state index is -0.291. The van der Waals surface area contributed by atoms with Crippen molar-refractivity contribution in [3.63, 3.8) is 0 Å². The van der Waals surface area contributed by atoms with Crippen LogP contribution in [0.5, 0.6) is 0 Å². The highest BCUT2D eigenvalue weighted by atomic mass is 35.5. The van der Waals surface area contributed by atoms with Gasteiger partial charge in [-0.3, -0.25) is 0 Å². The molecule has 1 aromatic carbocycles. The maximum Gasteiger partial charge on any atom is 0.134 e. The van der Waals surface area contributed by atoms with Gasteiger partial charge in [-0.05, 0) is 43.9 Å². The zero-order valence-electron chi connectivity index (χ0n) is 11.5. The van der Waals surface area contributed by atoms with E-state index in [-0.39, 0.29) is 5.82 Å². The van der Waals surface area contributed by atoms with E-state index in [1.165, 1.54) is 42.3 Å². The number of thiazole rings is 1. The van der Waals surface area contributed by atoms with Gasteiger partial charge >= 0.3 is 0 Å². The summed E-state index contributed by atoms with van der Waals surface area (Å²) in [5, 5.41) is 4.74. The molecule has 1 aromatic heterocycles. The lowest BCUT2D eigenvalue weighted by Crippen LogP contribution is -2.15. The topological polar surface area (TPSA) is 24.9 Å². The lowest BCUT2D eigenvalue weighted by Gasteiger charge is -2.01. The van der Waals surface area contributed by atoms with E-state index < -0.39 is 0 Å². The molecule has 0 atom stereocenters. The number of rotatable bonds is 5. The second-order valence-corrected chi connectivity index (χ2v) is 7.40. The van der Waals surface area contributed by atoms with Crippen molar-refractivity contribution in [3.8, 4) is 10.6 Å². The average molecular weight is 323 g/mol. The van der Waals surface area contributed by atoms with Gasteiger partial charge in [-0.15, -0.1) is 11.3 Å². The van der Waals surface area contributed by atoms with Crippen LogP contribution in [-0.4, -0.2) is 11.0 Å². The molecular weight excluding hydrogens is 307 g/mol. The van der Waals surface area contributed by atoms with E-state index in [2.05, 4.69) is 5.32 Å². The highest BCUT2D eigenvalue weighted by Crippen LogP contribution is 2.44. The third kappa shape index (κ3) is 2.98. The first-order valence-corrected chi connectivity index (χ1v) is 8.58. The summed E-state index contributed by atoms with van der Waals surface area (Å²) < 4.78 is 14.1. The minimum absolute atomic E-state index is 0.291. The van der Waals surface area contributed by atoms with Crippen LogP contribution in [0.1, 0.15) is 42.2 Å². The van der Waals surface area contributed by atoms with E-state index in [0.717, 1.165) is 11.6 Å². The quantitative estimate of drug-likeness (QED) is 0.860. The molecule has 110 valence electrons. The fourth-order valence-electron chi connectivity index (χ4n) is 2.47. The standard InChI is InChI=1S/C16H16ClFN2S/c17-10-3-6-12(13(18)7-10)16-20-15(9-1-2-9)14(21-16)8-19-11-4-5-11/h3,6-7,9,11,19H,1-2,4-5,8H2. The number of halogens is 2. The van der Waals surface area contributed by atoms with Gasteiger partial charge in [0.2, 0.25) is 0 Å². The zero-order chi connectivity index (χ0) is 14.4. The average Bonchev–Trinajstić information content (AvgIpc) is 3.36. The lowest BCUT2D eigenvalue weighted by molar-refractivity contribution is 0.631. The molecule has 2 fully saturated rings. The maximum atomic E-state index is 14.1. The number of hydrogen-bond donors (Lipinski definition) is 1. The fraction of sp³-hybridized carbons (Fsp3) is 0.438. The van der Waals surface area contributed by atoms with Crippen LogP contribution >= 0.6 is 22.9 Å². The van der Waals surface area contributed by atoms with Crippen molar-refractivity contribution in [2.24, 2.45) is 0 Å². The predicted octanol–water partition coefficient (Wildman–Crippen LogP) is 4.73. The van der Waals surface area contributed by atoms with E-state index in [9.17, 15) is 4.39 Å². The molecule has 21 heavy (non-hydrogen) atoms. The summed E-state index contributed by atoms with van der Waals surface area (Å²) in [5.74, 6) is 0.293. The predicted molar refractivity (Wildman–Crippen MR) is 84.4 cm³/mol. The first-order valence-electron chi connectivity index (χ1n) is 7.39. The fourth-order valence-corrected chi connectivity index (χ4v) is 3.75. The number of nitrogens with one attached hydrogen (secondary N) is 1. The second-order valence-electron chi connectivity index (χ2n) is 5.88. The molecule has 0 amide bonds. The van der Waals surface area contributed by atoms with Crippen LogP contribution in [-0.2, 0) is 6.54 Å². The van der Waals surface area contributed by atoms with Crippen LogP contribution in [0.25, 0.3) is 10.6 Å². The Bertz CT molecular complexity index is 677. The molecule has 0 aliphatic heterocycles. The Morgan fingerprint density at radius 3 is 2.76 bits per heavy atom. The molecule has 1 heterocycles. The molecule has 0 radical (unpaired) electrons. The van der Waals surface area contributed by atoms with Crippen molar-refractivity contribution in [1.82, 2.24) is 10.3 Å². The first-order chi connectivity index (χ1) is 10.2. The monoisotopic (exact) mass is 322 g/mol. The van der Waals surface area contributed by atoms with E-state index in [1.54, 1.807) is 23.5 Å². The highest BCUT2D eigenvalue weighted by molar-refractivity contribution is 7.15. The van der Waals surface area contributed by atoms with Gasteiger partial charge in [0.05, 0.1) is 5.69 Å². The Morgan fingerprint density at radius 1 is 1.29 bits per heavy atom. The third-order valence-electron chi connectivity index (χ3n) is 3.98. The summed E-state index contributed by atoms with van der Waals surface area (Å²) in [5.41, 5.74) is 1.74. The molecule has 0 saturated heterocycles. The van der Waals surface area contributed by atoms with E-state index in [0.29, 0.717) is 22.5 Å². The van der Waals surface area contributed by atoms with Crippen molar-refractivity contribution in [2.45, 2.75) is 44.2 Å². The molecule has 2 aromatic rings. The maximum absolute atomic E-state index is 14.1. The van der Waals surface area contributed by atoms with Gasteiger partial charge < -0.3 is 5.32 Å². The molecule has 1 N–H and O–H groups in total. The Hall–Kier alpha value is -0.970. The van der Waals surface area contributed by atoms with Gasteiger partial charge in [0.15, 0.2) is 0 Å². The van der Waals surface area contributed by atoms with E-state index >= 15 is 0 Å². The highest BCUT2D eigenvalue weighted by Gasteiger charge is 2.31. The molecule has 0 spiro atoms. The summed E-state index contributed by atoms with van der Waals surface area (Å²) in [6.45, 7) is 0.864. The van der Waals surface area contributed by atoms with Gasteiger partial charge in [-0.1, -0.05) is 11.6 Å². The molecule has 0 unspecified atom stereocenters. The van der Waals surface area contributed by atoms with Gasteiger partial charge in [0.25, 0.3) is 0 Å². The summed E-state index contributed by atoms with van der Waals surface area (Å²) in [7, 11) is 0. The lowest BCUT2D eigenvalue weighted by atomic mass is 10.2. The van der Waals surface area contributed by atoms with E-state index in [4.69, 9.17) is 16.6 Å². The van der Waals surface area contributed by atoms with Crippen molar-refractivity contribution in [2.75, 3.05) is 0 Å². The van der Waals surface area contributed by atoms with Crippen LogP contribution in [0.2, 0.25) is 5.02 Å². The summed E-state index contributed by atoms with van der Waals surface area (Å²) >= 11 is 7.44. The minimum Gasteiger partial charge on any atom is -0.309 e. The molecule has 5 heteroatoms. The number of hydrogen-bond acceptors (Lipinski definition) is 3. The normalized spacial score (nSPS) is 18.2. The second kappa shape index (κ2) is 5.34. The smallest absolute Gasteiger partial charge is 0.134 e. The first kappa shape index (κ1) is 13.7. The van der Waals surface area contributed by atoms with Crippen molar-refractivity contribution < 1.29 is 4.39 Å². The molecule has 4 rings (SSSR count). The van der Waals surface area contributed by atoms with Crippen LogP contribution < -0.4 is 5.32 Å². The van der Waals surface area contributed by atoms with Crippen molar-refractivity contribution >= 4 is 22.9 Å². The Labute approximate surface area is 132 Å². The van der Waals surface area contributed by atoms with Crippen molar-refractivity contribution in [3.05, 3.63) is 39.6 Å². The van der Waals surface area contributed by atoms with Gasteiger partial charge in [0.1, 0.15) is 10.8 Å². The molecule has 0 bridgehead atoms. The molecule has 2 saturated carbocycles. The molecule has 2 aliphatic rings. The largest absolute Gasteiger partial charge is 0.309 e. The van der Waals surface area contributed by atoms with Gasteiger partial charge in [-0.25, -0.2) is 9.37 Å². The van der Waals surface area contributed by atoms with Crippen molar-refractivity contribution in [1.29, 1.82) is 0 Å². The Morgan fingerprint density at radius 2 is 2.10 bits per heavy atom. The Kier molecular flexibility index (Phi) is 3.48. The Balaban J connectivity index is 1.66. The van der Waals surface area contributed by atoms with Gasteiger partial charge in [0, 0.05) is 34.0 Å². The zero-order valence-corrected chi connectivity index (χ0v) is 13.1. The number of benzene rings is 1. The third-order valence-corrected chi connectivity index (χ3v) is 5.32. The van der Waals surface area contributed by atoms with E-state index in [1.807, 2.05) is 0 Å². The van der Waals surface area contributed by atoms with Gasteiger partial charge in [-0.2, -0.15) is 0 Å². The van der Waals surface area contributed by atoms with Crippen LogP contribution in [0.4, 0.5) is 4.39 Å². The molecule has 2 aliphatic carbocycles. The molecule has 2 nitrogen and oxygen atoms in total. The SMILES string of the molecule is Fc1cc(Cl)ccc1-c1nc(C2CC2)c(CNC2CC2)s1. The summed E-state index contributed by atoms with van der Waals surface area (Å²) in [6.07, 6.45) is 4.97. The number of aromatic nitrogens is 1.